The summed E-state index contributed by atoms with van der Waals surface area (Å²) in [6.07, 6.45) is 89.7. The van der Waals surface area contributed by atoms with Gasteiger partial charge in [0.1, 0.15) is 13.2 Å². The van der Waals surface area contributed by atoms with Gasteiger partial charge in [-0.05, 0) is 135 Å². The van der Waals surface area contributed by atoms with Crippen molar-refractivity contribution in [3.63, 3.8) is 0 Å². The van der Waals surface area contributed by atoms with Crippen LogP contribution in [0.25, 0.3) is 0 Å². The maximum atomic E-state index is 12.8. The smallest absolute Gasteiger partial charge is 0.306 e. The van der Waals surface area contributed by atoms with Gasteiger partial charge in [0.2, 0.25) is 0 Å². The molecule has 0 radical (unpaired) electrons. The highest BCUT2D eigenvalue weighted by atomic mass is 16.6. The summed E-state index contributed by atoms with van der Waals surface area (Å²) in [5, 5.41) is 0. The summed E-state index contributed by atoms with van der Waals surface area (Å²) < 4.78 is 16.8. The maximum absolute atomic E-state index is 12.8. The molecule has 0 aliphatic heterocycles. The molecule has 0 aliphatic rings. The first-order chi connectivity index (χ1) is 37.0. The first-order valence-electron chi connectivity index (χ1n) is 30.0. The fourth-order valence-electron chi connectivity index (χ4n) is 7.58. The molecule has 0 aromatic rings. The monoisotopic (exact) mass is 1030 g/mol. The van der Waals surface area contributed by atoms with Crippen LogP contribution in [0.4, 0.5) is 0 Å². The van der Waals surface area contributed by atoms with Crippen LogP contribution in [0.2, 0.25) is 0 Å². The van der Waals surface area contributed by atoms with E-state index >= 15 is 0 Å². The second kappa shape index (κ2) is 61.6. The van der Waals surface area contributed by atoms with Gasteiger partial charge in [-0.3, -0.25) is 14.4 Å². The average molecular weight is 1030 g/mol. The normalized spacial score (nSPS) is 13.3. The molecule has 0 heterocycles. The summed E-state index contributed by atoms with van der Waals surface area (Å²) >= 11 is 0. The van der Waals surface area contributed by atoms with Gasteiger partial charge < -0.3 is 14.2 Å². The van der Waals surface area contributed by atoms with Crippen LogP contribution in [-0.2, 0) is 28.6 Å². The second-order valence-corrected chi connectivity index (χ2v) is 19.1. The largest absolute Gasteiger partial charge is 0.462 e. The molecule has 75 heavy (non-hydrogen) atoms. The maximum Gasteiger partial charge on any atom is 0.306 e. The van der Waals surface area contributed by atoms with Crippen molar-refractivity contribution in [2.45, 2.75) is 245 Å². The molecule has 0 fully saturated rings. The van der Waals surface area contributed by atoms with E-state index in [-0.39, 0.29) is 37.5 Å². The predicted octanol–water partition coefficient (Wildman–Crippen LogP) is 20.5. The number of ether oxygens (including phenoxy) is 3. The van der Waals surface area contributed by atoms with Crippen molar-refractivity contribution in [3.8, 4) is 0 Å². The Hall–Kier alpha value is -4.97. The predicted molar refractivity (Wildman–Crippen MR) is 325 cm³/mol. The number of hydrogen-bond donors (Lipinski definition) is 0. The third kappa shape index (κ3) is 59.8. The standard InChI is InChI=1S/C69H108O6/c1-4-7-10-13-16-19-22-25-27-28-29-30-31-32-33-34-35-36-37-38-39-40-42-44-47-50-53-56-59-62-68(71)74-65-66(64-73-67(70)61-58-55-52-49-46-43-24-21-18-15-12-9-6-3)75-69(72)63-60-57-54-51-48-45-41-26-23-20-17-14-11-8-5-2/h7,9-10,12,16,18-19,21,25-27,29-30,32-33,35-36,38-39,41-44,46,52,55,66H,4-6,8,11,13-15,17,20,22-24,28,31,34,37,40,45,47-51,53-54,56-65H2,1-3H3/b10-7-,12-9-,19-16-,21-18-,27-25-,30-29-,33-32-,36-35-,39-38-,41-26-,44-42-,46-43-,55-52-. The minimum Gasteiger partial charge on any atom is -0.462 e. The van der Waals surface area contributed by atoms with Crippen LogP contribution >= 0.6 is 0 Å². The van der Waals surface area contributed by atoms with E-state index in [4.69, 9.17) is 14.2 Å². The lowest BCUT2D eigenvalue weighted by Gasteiger charge is -2.18. The minimum absolute atomic E-state index is 0.123. The minimum atomic E-state index is -0.829. The van der Waals surface area contributed by atoms with Crippen molar-refractivity contribution in [2.24, 2.45) is 0 Å². The zero-order valence-electron chi connectivity index (χ0n) is 48.0. The summed E-state index contributed by atoms with van der Waals surface area (Å²) in [6, 6.07) is 0. The molecule has 0 saturated heterocycles. The van der Waals surface area contributed by atoms with Crippen LogP contribution in [-0.4, -0.2) is 37.2 Å². The SMILES string of the molecule is CC/C=C\C/C=C\C/C=C\C/C=C\C/C=C\C/C=C\C/C=C\C/C=C\CCCCCCC(=O)OCC(COC(=O)CC/C=C\C/C=C\C/C=C\C/C=C\CC)OC(=O)CCCCCCC/C=C\CCCCCCCC. The van der Waals surface area contributed by atoms with Crippen LogP contribution in [0.15, 0.2) is 158 Å². The molecule has 420 valence electrons. The highest BCUT2D eigenvalue weighted by Gasteiger charge is 2.19. The molecule has 0 N–H and O–H groups in total. The lowest BCUT2D eigenvalue weighted by atomic mass is 10.1. The van der Waals surface area contributed by atoms with E-state index in [1.54, 1.807) is 0 Å². The summed E-state index contributed by atoms with van der Waals surface area (Å²) in [6.45, 7) is 6.30. The van der Waals surface area contributed by atoms with E-state index in [9.17, 15) is 14.4 Å². The fraction of sp³-hybridized carbons (Fsp3) is 0.580. The molecule has 6 heteroatoms. The molecular weight excluding hydrogens is 925 g/mol. The van der Waals surface area contributed by atoms with Gasteiger partial charge in [0.05, 0.1) is 0 Å². The number of esters is 3. The Morgan fingerprint density at radius 2 is 0.547 bits per heavy atom. The third-order valence-electron chi connectivity index (χ3n) is 12.0. The van der Waals surface area contributed by atoms with E-state index < -0.39 is 6.10 Å². The highest BCUT2D eigenvalue weighted by molar-refractivity contribution is 5.71. The van der Waals surface area contributed by atoms with E-state index in [0.717, 1.165) is 141 Å². The van der Waals surface area contributed by atoms with Gasteiger partial charge in [-0.2, -0.15) is 0 Å². The molecule has 0 aromatic heterocycles. The molecule has 0 rings (SSSR count). The Kier molecular flexibility index (Phi) is 57.5. The molecule has 1 atom stereocenters. The molecule has 0 saturated carbocycles. The highest BCUT2D eigenvalue weighted by Crippen LogP contribution is 2.13. The number of rotatable bonds is 52. The molecule has 0 aromatic carbocycles. The first kappa shape index (κ1) is 70.0. The van der Waals surface area contributed by atoms with Crippen molar-refractivity contribution >= 4 is 17.9 Å². The zero-order valence-corrected chi connectivity index (χ0v) is 48.0. The van der Waals surface area contributed by atoms with Crippen molar-refractivity contribution in [3.05, 3.63) is 158 Å². The number of allylic oxidation sites excluding steroid dienone is 26. The van der Waals surface area contributed by atoms with E-state index in [2.05, 4.69) is 167 Å². The van der Waals surface area contributed by atoms with Crippen molar-refractivity contribution in [1.29, 1.82) is 0 Å². The second-order valence-electron chi connectivity index (χ2n) is 19.1. The van der Waals surface area contributed by atoms with Gasteiger partial charge in [0, 0.05) is 19.3 Å². The average Bonchev–Trinajstić information content (AvgIpc) is 3.41. The Bertz CT molecular complexity index is 1710. The van der Waals surface area contributed by atoms with Gasteiger partial charge in [0.15, 0.2) is 6.10 Å². The van der Waals surface area contributed by atoms with Crippen LogP contribution in [0.5, 0.6) is 0 Å². The summed E-state index contributed by atoms with van der Waals surface area (Å²) in [4.78, 5) is 38.1. The number of carbonyl (C=O) groups excluding carboxylic acids is 3. The molecule has 0 spiro atoms. The van der Waals surface area contributed by atoms with Crippen LogP contribution in [0.1, 0.15) is 239 Å². The Morgan fingerprint density at radius 3 is 0.907 bits per heavy atom. The van der Waals surface area contributed by atoms with Crippen LogP contribution in [0, 0.1) is 0 Å². The first-order valence-corrected chi connectivity index (χ1v) is 30.0. The van der Waals surface area contributed by atoms with Gasteiger partial charge in [0.25, 0.3) is 0 Å². The van der Waals surface area contributed by atoms with Crippen LogP contribution < -0.4 is 0 Å². The molecule has 6 nitrogen and oxygen atoms in total. The topological polar surface area (TPSA) is 78.9 Å². The summed E-state index contributed by atoms with van der Waals surface area (Å²) in [5.41, 5.74) is 0. The van der Waals surface area contributed by atoms with Crippen molar-refractivity contribution in [1.82, 2.24) is 0 Å². The zero-order chi connectivity index (χ0) is 54.3. The van der Waals surface area contributed by atoms with Gasteiger partial charge >= 0.3 is 17.9 Å². The lowest BCUT2D eigenvalue weighted by molar-refractivity contribution is -0.166. The fourth-order valence-corrected chi connectivity index (χ4v) is 7.58. The third-order valence-corrected chi connectivity index (χ3v) is 12.0. The molecule has 0 aliphatic carbocycles. The van der Waals surface area contributed by atoms with Crippen molar-refractivity contribution in [2.75, 3.05) is 13.2 Å². The van der Waals surface area contributed by atoms with Crippen molar-refractivity contribution < 1.29 is 28.6 Å². The van der Waals surface area contributed by atoms with E-state index in [0.29, 0.717) is 19.3 Å². The molecule has 1 unspecified atom stereocenters. The number of unbranched alkanes of at least 4 members (excludes halogenated alkanes) is 15. The summed E-state index contributed by atoms with van der Waals surface area (Å²) in [7, 11) is 0. The van der Waals surface area contributed by atoms with E-state index in [1.807, 2.05) is 12.2 Å². The molecule has 0 bridgehead atoms. The molecular formula is C69H108O6. The van der Waals surface area contributed by atoms with Crippen LogP contribution in [0.3, 0.4) is 0 Å². The molecule has 0 amide bonds. The quantitative estimate of drug-likeness (QED) is 0.0261. The Balaban J connectivity index is 4.44. The van der Waals surface area contributed by atoms with Gasteiger partial charge in [-0.1, -0.05) is 243 Å². The van der Waals surface area contributed by atoms with E-state index in [1.165, 1.54) is 51.4 Å². The Morgan fingerprint density at radius 1 is 0.280 bits per heavy atom. The number of hydrogen-bond acceptors (Lipinski definition) is 6. The summed E-state index contributed by atoms with van der Waals surface area (Å²) in [5.74, 6) is -1.05. The number of carbonyl (C=O) groups is 3. The Labute approximate surface area is 460 Å². The van der Waals surface area contributed by atoms with Gasteiger partial charge in [-0.25, -0.2) is 0 Å². The van der Waals surface area contributed by atoms with Gasteiger partial charge in [-0.15, -0.1) is 0 Å². The lowest BCUT2D eigenvalue weighted by Crippen LogP contribution is -2.30.